The largest absolute Gasteiger partial charge is 0.459 e. The van der Waals surface area contributed by atoms with E-state index in [0.29, 0.717) is 6.54 Å². The highest BCUT2D eigenvalue weighted by atomic mass is 32.2. The fourth-order valence-corrected chi connectivity index (χ4v) is 2.64. The minimum Gasteiger partial charge on any atom is -0.459 e. The van der Waals surface area contributed by atoms with Gasteiger partial charge in [-0.25, -0.2) is 0 Å². The van der Waals surface area contributed by atoms with Crippen molar-refractivity contribution < 1.29 is 14.0 Å². The SMILES string of the molecule is Cc1ccc(SCCNC(=O)C(C)NC(=O)c2ccco2)cc1. The van der Waals surface area contributed by atoms with E-state index in [1.807, 2.05) is 6.92 Å². The summed E-state index contributed by atoms with van der Waals surface area (Å²) in [6, 6.07) is 10.8. The normalized spacial score (nSPS) is 11.7. The summed E-state index contributed by atoms with van der Waals surface area (Å²) in [5.74, 6) is 0.355. The Balaban J connectivity index is 1.67. The van der Waals surface area contributed by atoms with E-state index in [2.05, 4.69) is 34.9 Å². The van der Waals surface area contributed by atoms with Gasteiger partial charge in [0.2, 0.25) is 5.91 Å². The highest BCUT2D eigenvalue weighted by Gasteiger charge is 2.17. The van der Waals surface area contributed by atoms with Crippen molar-refractivity contribution in [3.63, 3.8) is 0 Å². The molecule has 2 amide bonds. The maximum Gasteiger partial charge on any atom is 0.287 e. The van der Waals surface area contributed by atoms with Crippen LogP contribution in [0, 0.1) is 6.92 Å². The van der Waals surface area contributed by atoms with Crippen LogP contribution in [0.3, 0.4) is 0 Å². The molecule has 0 saturated heterocycles. The number of aryl methyl sites for hydroxylation is 1. The minimum atomic E-state index is -0.614. The third-order valence-electron chi connectivity index (χ3n) is 3.18. The Morgan fingerprint density at radius 1 is 1.22 bits per heavy atom. The quantitative estimate of drug-likeness (QED) is 0.604. The molecule has 0 aliphatic carbocycles. The predicted octanol–water partition coefficient (Wildman–Crippen LogP) is 2.61. The lowest BCUT2D eigenvalue weighted by molar-refractivity contribution is -0.122. The van der Waals surface area contributed by atoms with Gasteiger partial charge in [-0.2, -0.15) is 0 Å². The molecule has 23 heavy (non-hydrogen) atoms. The van der Waals surface area contributed by atoms with E-state index in [0.717, 1.165) is 5.75 Å². The van der Waals surface area contributed by atoms with Crippen molar-refractivity contribution in [3.05, 3.63) is 54.0 Å². The number of benzene rings is 1. The van der Waals surface area contributed by atoms with Crippen LogP contribution in [0.4, 0.5) is 0 Å². The van der Waals surface area contributed by atoms with Crippen molar-refractivity contribution in [2.24, 2.45) is 0 Å². The maximum atomic E-state index is 11.9. The molecule has 0 aliphatic rings. The number of furan rings is 1. The van der Waals surface area contributed by atoms with Crippen LogP contribution in [0.25, 0.3) is 0 Å². The van der Waals surface area contributed by atoms with Crippen LogP contribution in [-0.4, -0.2) is 30.2 Å². The van der Waals surface area contributed by atoms with Crippen molar-refractivity contribution in [1.29, 1.82) is 0 Å². The average molecular weight is 332 g/mol. The number of hydrogen-bond donors (Lipinski definition) is 2. The van der Waals surface area contributed by atoms with Crippen molar-refractivity contribution in [3.8, 4) is 0 Å². The molecule has 1 aromatic heterocycles. The number of rotatable bonds is 7. The van der Waals surface area contributed by atoms with Crippen LogP contribution in [0.15, 0.2) is 52.0 Å². The Hall–Kier alpha value is -2.21. The molecule has 5 nitrogen and oxygen atoms in total. The highest BCUT2D eigenvalue weighted by Crippen LogP contribution is 2.17. The van der Waals surface area contributed by atoms with Crippen molar-refractivity contribution in [2.45, 2.75) is 24.8 Å². The summed E-state index contributed by atoms with van der Waals surface area (Å²) in [5, 5.41) is 5.40. The first kappa shape index (κ1) is 17.1. The van der Waals surface area contributed by atoms with E-state index in [9.17, 15) is 9.59 Å². The average Bonchev–Trinajstić information content (AvgIpc) is 3.07. The fraction of sp³-hybridized carbons (Fsp3) is 0.294. The predicted molar refractivity (Wildman–Crippen MR) is 90.5 cm³/mol. The summed E-state index contributed by atoms with van der Waals surface area (Å²) in [4.78, 5) is 24.9. The molecule has 122 valence electrons. The Bertz CT molecular complexity index is 638. The molecule has 0 aliphatic heterocycles. The number of amides is 2. The molecule has 1 atom stereocenters. The molecule has 1 aromatic carbocycles. The third kappa shape index (κ3) is 5.49. The van der Waals surface area contributed by atoms with Gasteiger partial charge in [-0.05, 0) is 38.1 Å². The van der Waals surface area contributed by atoms with Crippen LogP contribution in [-0.2, 0) is 4.79 Å². The molecule has 0 fully saturated rings. The Morgan fingerprint density at radius 3 is 2.61 bits per heavy atom. The first-order valence-electron chi connectivity index (χ1n) is 7.38. The van der Waals surface area contributed by atoms with Gasteiger partial charge in [-0.15, -0.1) is 11.8 Å². The van der Waals surface area contributed by atoms with Crippen molar-refractivity contribution in [1.82, 2.24) is 10.6 Å². The lowest BCUT2D eigenvalue weighted by Gasteiger charge is -2.13. The number of hydrogen-bond acceptors (Lipinski definition) is 4. The number of thioether (sulfide) groups is 1. The van der Waals surface area contributed by atoms with Gasteiger partial charge in [0, 0.05) is 17.2 Å². The number of carbonyl (C=O) groups is 2. The molecule has 2 rings (SSSR count). The Labute approximate surface area is 139 Å². The highest BCUT2D eigenvalue weighted by molar-refractivity contribution is 7.99. The van der Waals surface area contributed by atoms with E-state index in [1.165, 1.54) is 16.7 Å². The molecule has 2 aromatic rings. The van der Waals surface area contributed by atoms with E-state index < -0.39 is 11.9 Å². The van der Waals surface area contributed by atoms with Gasteiger partial charge in [-0.3, -0.25) is 9.59 Å². The first-order chi connectivity index (χ1) is 11.1. The van der Waals surface area contributed by atoms with E-state index in [4.69, 9.17) is 4.42 Å². The smallest absolute Gasteiger partial charge is 0.287 e. The van der Waals surface area contributed by atoms with Gasteiger partial charge in [0.15, 0.2) is 5.76 Å². The minimum absolute atomic E-state index is 0.194. The van der Waals surface area contributed by atoms with Gasteiger partial charge in [0.25, 0.3) is 5.91 Å². The summed E-state index contributed by atoms with van der Waals surface area (Å²) in [6.45, 7) is 4.23. The van der Waals surface area contributed by atoms with Gasteiger partial charge in [-0.1, -0.05) is 17.7 Å². The Morgan fingerprint density at radius 2 is 1.96 bits per heavy atom. The second-order valence-electron chi connectivity index (χ2n) is 5.12. The summed E-state index contributed by atoms with van der Waals surface area (Å²) in [6.07, 6.45) is 1.42. The fourth-order valence-electron chi connectivity index (χ4n) is 1.87. The van der Waals surface area contributed by atoms with Gasteiger partial charge in [0.05, 0.1) is 6.26 Å². The summed E-state index contributed by atoms with van der Waals surface area (Å²) < 4.78 is 4.98. The van der Waals surface area contributed by atoms with Crippen LogP contribution >= 0.6 is 11.8 Å². The summed E-state index contributed by atoms with van der Waals surface area (Å²) in [5.41, 5.74) is 1.23. The molecule has 0 radical (unpaired) electrons. The number of carbonyl (C=O) groups excluding carboxylic acids is 2. The van der Waals surface area contributed by atoms with Crippen LogP contribution < -0.4 is 10.6 Å². The van der Waals surface area contributed by atoms with Crippen LogP contribution in [0.2, 0.25) is 0 Å². The molecule has 6 heteroatoms. The van der Waals surface area contributed by atoms with E-state index >= 15 is 0 Å². The zero-order valence-electron chi connectivity index (χ0n) is 13.2. The molecule has 0 saturated carbocycles. The second kappa shape index (κ2) is 8.43. The van der Waals surface area contributed by atoms with Crippen molar-refractivity contribution >= 4 is 23.6 Å². The molecular formula is C17H20N2O3S. The van der Waals surface area contributed by atoms with Crippen molar-refractivity contribution in [2.75, 3.05) is 12.3 Å². The lowest BCUT2D eigenvalue weighted by atomic mass is 10.2. The standard InChI is InChI=1S/C17H20N2O3S/c1-12-5-7-14(8-6-12)23-11-9-18-16(20)13(2)19-17(21)15-4-3-10-22-15/h3-8,10,13H,9,11H2,1-2H3,(H,18,20)(H,19,21). The zero-order valence-corrected chi connectivity index (χ0v) is 14.0. The lowest BCUT2D eigenvalue weighted by Crippen LogP contribution is -2.45. The van der Waals surface area contributed by atoms with E-state index in [1.54, 1.807) is 30.8 Å². The molecule has 1 heterocycles. The first-order valence-corrected chi connectivity index (χ1v) is 8.36. The van der Waals surface area contributed by atoms with Gasteiger partial charge in [0.1, 0.15) is 6.04 Å². The van der Waals surface area contributed by atoms with Crippen LogP contribution in [0.1, 0.15) is 23.0 Å². The molecule has 2 N–H and O–H groups in total. The second-order valence-corrected chi connectivity index (χ2v) is 6.29. The number of nitrogens with one attached hydrogen (secondary N) is 2. The molecule has 0 bridgehead atoms. The van der Waals surface area contributed by atoms with Gasteiger partial charge < -0.3 is 15.1 Å². The topological polar surface area (TPSA) is 71.3 Å². The monoisotopic (exact) mass is 332 g/mol. The molecule has 0 spiro atoms. The van der Waals surface area contributed by atoms with E-state index in [-0.39, 0.29) is 11.7 Å². The Kier molecular flexibility index (Phi) is 6.29. The van der Waals surface area contributed by atoms with Crippen LogP contribution in [0.5, 0.6) is 0 Å². The van der Waals surface area contributed by atoms with Gasteiger partial charge >= 0.3 is 0 Å². The molecule has 1 unspecified atom stereocenters. The third-order valence-corrected chi connectivity index (χ3v) is 4.19. The zero-order chi connectivity index (χ0) is 16.7. The summed E-state index contributed by atoms with van der Waals surface area (Å²) >= 11 is 1.68. The summed E-state index contributed by atoms with van der Waals surface area (Å²) in [7, 11) is 0. The maximum absolute atomic E-state index is 11.9. The molecular weight excluding hydrogens is 312 g/mol.